The highest BCUT2D eigenvalue weighted by molar-refractivity contribution is 7.89. The average molecular weight is 493 g/mol. The molecular weight excluding hydrogens is 468 g/mol. The summed E-state index contributed by atoms with van der Waals surface area (Å²) in [5.41, 5.74) is -0.553. The highest BCUT2D eigenvalue weighted by atomic mass is 35.5. The van der Waals surface area contributed by atoms with Crippen molar-refractivity contribution in [3.8, 4) is 0 Å². The molecule has 1 fully saturated rings. The van der Waals surface area contributed by atoms with Gasteiger partial charge in [0.1, 0.15) is 12.1 Å². The van der Waals surface area contributed by atoms with E-state index in [0.717, 1.165) is 9.21 Å². The Morgan fingerprint density at radius 2 is 1.82 bits per heavy atom. The number of amides is 4. The second-order valence-corrected chi connectivity index (χ2v) is 10.4. The Balaban J connectivity index is 1.83. The molecule has 1 atom stereocenters. The molecule has 1 saturated heterocycles. The largest absolute Gasteiger partial charge is 0.325 e. The van der Waals surface area contributed by atoms with E-state index >= 15 is 0 Å². The minimum Gasteiger partial charge on any atom is -0.323 e. The number of anilines is 1. The van der Waals surface area contributed by atoms with E-state index in [2.05, 4.69) is 10.6 Å². The molecule has 2 aromatic rings. The molecule has 3 rings (SSSR count). The Morgan fingerprint density at radius 1 is 1.15 bits per heavy atom. The van der Waals surface area contributed by atoms with Crippen molar-refractivity contribution in [1.29, 1.82) is 0 Å². The number of nitrogens with zero attached hydrogens (tertiary/aromatic N) is 2. The predicted octanol–water partition coefficient (Wildman–Crippen LogP) is 2.78. The van der Waals surface area contributed by atoms with E-state index in [1.54, 1.807) is 24.3 Å². The first-order valence-electron chi connectivity index (χ1n) is 10.2. The van der Waals surface area contributed by atoms with Crippen LogP contribution in [0.1, 0.15) is 25.3 Å². The number of hydrogen-bond donors (Lipinski definition) is 2. The number of hydrogen-bond acceptors (Lipinski definition) is 5. The summed E-state index contributed by atoms with van der Waals surface area (Å²) in [5.74, 6) is -1.22. The van der Waals surface area contributed by atoms with E-state index < -0.39 is 40.0 Å². The minimum atomic E-state index is -3.75. The van der Waals surface area contributed by atoms with Gasteiger partial charge < -0.3 is 10.6 Å². The molecule has 1 aliphatic heterocycles. The predicted molar refractivity (Wildman–Crippen MR) is 124 cm³/mol. The van der Waals surface area contributed by atoms with Crippen molar-refractivity contribution in [2.75, 3.05) is 26.0 Å². The van der Waals surface area contributed by atoms with Gasteiger partial charge in [-0.3, -0.25) is 14.5 Å². The van der Waals surface area contributed by atoms with Crippen molar-refractivity contribution in [3.05, 3.63) is 59.1 Å². The molecule has 33 heavy (non-hydrogen) atoms. The van der Waals surface area contributed by atoms with E-state index in [9.17, 15) is 22.8 Å². The van der Waals surface area contributed by atoms with Gasteiger partial charge in [0.25, 0.3) is 5.91 Å². The Hall–Kier alpha value is -2.95. The van der Waals surface area contributed by atoms with Gasteiger partial charge in [0.15, 0.2) is 0 Å². The topological polar surface area (TPSA) is 116 Å². The lowest BCUT2D eigenvalue weighted by Crippen LogP contribution is -2.44. The van der Waals surface area contributed by atoms with Crippen LogP contribution in [0.5, 0.6) is 0 Å². The Labute approximate surface area is 197 Å². The van der Waals surface area contributed by atoms with Gasteiger partial charge in [-0.1, -0.05) is 55.3 Å². The second-order valence-electron chi connectivity index (χ2n) is 7.82. The Bertz CT molecular complexity index is 1190. The molecule has 0 spiro atoms. The summed E-state index contributed by atoms with van der Waals surface area (Å²) in [7, 11) is -0.981. The Morgan fingerprint density at radius 3 is 2.42 bits per heavy atom. The SMILES string of the molecule is CCC[C@]1(c2ccccc2)NC(=O)N(CC(=O)Nc2cc(S(=O)(=O)N(C)C)ccc2Cl)C1=O. The third-order valence-electron chi connectivity index (χ3n) is 5.36. The number of carbonyl (C=O) groups excluding carboxylic acids is 3. The van der Waals surface area contributed by atoms with Crippen LogP contribution in [0.15, 0.2) is 53.4 Å². The van der Waals surface area contributed by atoms with Crippen LogP contribution in [0.2, 0.25) is 5.02 Å². The van der Waals surface area contributed by atoms with E-state index in [0.29, 0.717) is 18.4 Å². The molecule has 176 valence electrons. The molecule has 1 aliphatic rings. The number of carbonyl (C=O) groups is 3. The van der Waals surface area contributed by atoms with Gasteiger partial charge in [-0.2, -0.15) is 0 Å². The Kier molecular flexibility index (Phi) is 7.11. The maximum atomic E-state index is 13.3. The molecule has 0 aromatic heterocycles. The van der Waals surface area contributed by atoms with Crippen molar-refractivity contribution in [2.45, 2.75) is 30.2 Å². The number of urea groups is 1. The summed E-state index contributed by atoms with van der Waals surface area (Å²) >= 11 is 6.13. The summed E-state index contributed by atoms with van der Waals surface area (Å²) in [5, 5.41) is 5.37. The van der Waals surface area contributed by atoms with Crippen molar-refractivity contribution < 1.29 is 22.8 Å². The first-order valence-corrected chi connectivity index (χ1v) is 12.1. The standard InChI is InChI=1S/C22H25ClN4O5S/c1-4-12-22(15-8-6-5-7-9-15)20(29)27(21(30)25-22)14-19(28)24-18-13-16(10-11-17(18)23)33(31,32)26(2)3/h5-11,13H,4,12,14H2,1-3H3,(H,24,28)(H,25,30)/t22-/m1/s1. The number of nitrogens with one attached hydrogen (secondary N) is 2. The lowest BCUT2D eigenvalue weighted by atomic mass is 9.85. The number of halogens is 1. The van der Waals surface area contributed by atoms with E-state index in [-0.39, 0.29) is 15.6 Å². The molecule has 2 N–H and O–H groups in total. The molecule has 0 saturated carbocycles. The first-order chi connectivity index (χ1) is 15.5. The normalized spacial score (nSPS) is 18.5. The van der Waals surface area contributed by atoms with E-state index in [1.807, 2.05) is 13.0 Å². The van der Waals surface area contributed by atoms with Crippen LogP contribution < -0.4 is 10.6 Å². The zero-order valence-electron chi connectivity index (χ0n) is 18.5. The molecule has 0 aliphatic carbocycles. The number of rotatable bonds is 8. The molecule has 4 amide bonds. The maximum absolute atomic E-state index is 13.3. The fraction of sp³-hybridized carbons (Fsp3) is 0.318. The fourth-order valence-corrected chi connectivity index (χ4v) is 4.77. The third-order valence-corrected chi connectivity index (χ3v) is 7.50. The van der Waals surface area contributed by atoms with Crippen molar-refractivity contribution in [1.82, 2.24) is 14.5 Å². The first kappa shape index (κ1) is 24.7. The number of benzene rings is 2. The maximum Gasteiger partial charge on any atom is 0.325 e. The van der Waals surface area contributed by atoms with Crippen LogP contribution in [0.4, 0.5) is 10.5 Å². The van der Waals surface area contributed by atoms with Crippen LogP contribution in [0.3, 0.4) is 0 Å². The minimum absolute atomic E-state index is 0.0551. The lowest BCUT2D eigenvalue weighted by molar-refractivity contribution is -0.134. The molecule has 0 unspecified atom stereocenters. The van der Waals surface area contributed by atoms with Gasteiger partial charge in [0.05, 0.1) is 15.6 Å². The van der Waals surface area contributed by atoms with E-state index in [1.165, 1.54) is 32.3 Å². The average Bonchev–Trinajstić information content (AvgIpc) is 3.01. The van der Waals surface area contributed by atoms with Crippen molar-refractivity contribution >= 4 is 45.2 Å². The van der Waals surface area contributed by atoms with Crippen molar-refractivity contribution in [2.24, 2.45) is 0 Å². The molecule has 11 heteroatoms. The molecule has 0 bridgehead atoms. The van der Waals surface area contributed by atoms with Gasteiger partial charge in [-0.25, -0.2) is 17.5 Å². The number of imide groups is 1. The van der Waals surface area contributed by atoms with Gasteiger partial charge >= 0.3 is 6.03 Å². The van der Waals surface area contributed by atoms with Gasteiger partial charge in [0, 0.05) is 14.1 Å². The third kappa shape index (κ3) is 4.73. The van der Waals surface area contributed by atoms with Crippen molar-refractivity contribution in [3.63, 3.8) is 0 Å². The monoisotopic (exact) mass is 492 g/mol. The summed E-state index contributed by atoms with van der Waals surface area (Å²) < 4.78 is 25.8. The van der Waals surface area contributed by atoms with Crippen LogP contribution >= 0.6 is 11.6 Å². The van der Waals surface area contributed by atoms with Gasteiger partial charge in [-0.05, 0) is 30.2 Å². The molecular formula is C22H25ClN4O5S. The molecule has 9 nitrogen and oxygen atoms in total. The summed E-state index contributed by atoms with van der Waals surface area (Å²) in [6.45, 7) is 1.35. The highest BCUT2D eigenvalue weighted by Crippen LogP contribution is 2.34. The van der Waals surface area contributed by atoms with Crippen LogP contribution in [-0.2, 0) is 25.2 Å². The van der Waals surface area contributed by atoms with Crippen LogP contribution in [0.25, 0.3) is 0 Å². The van der Waals surface area contributed by atoms with Gasteiger partial charge in [-0.15, -0.1) is 0 Å². The van der Waals surface area contributed by atoms with Crippen LogP contribution in [0, 0.1) is 0 Å². The summed E-state index contributed by atoms with van der Waals surface area (Å²) in [6.07, 6.45) is 1.000. The van der Waals surface area contributed by atoms with Crippen LogP contribution in [-0.4, -0.2) is 56.1 Å². The molecule has 2 aromatic carbocycles. The zero-order valence-corrected chi connectivity index (χ0v) is 20.0. The number of sulfonamides is 1. The molecule has 0 radical (unpaired) electrons. The zero-order chi connectivity index (χ0) is 24.4. The highest BCUT2D eigenvalue weighted by Gasteiger charge is 2.52. The quantitative estimate of drug-likeness (QED) is 0.550. The summed E-state index contributed by atoms with van der Waals surface area (Å²) in [4.78, 5) is 39.5. The summed E-state index contributed by atoms with van der Waals surface area (Å²) in [6, 6.07) is 12.1. The smallest absolute Gasteiger partial charge is 0.323 e. The fourth-order valence-electron chi connectivity index (χ4n) is 3.68. The van der Waals surface area contributed by atoms with E-state index in [4.69, 9.17) is 11.6 Å². The van der Waals surface area contributed by atoms with Gasteiger partial charge in [0.2, 0.25) is 15.9 Å². The second kappa shape index (κ2) is 9.50. The lowest BCUT2D eigenvalue weighted by Gasteiger charge is -2.26. The molecule has 1 heterocycles.